The monoisotopic (exact) mass is 547 g/mol. The molecule has 3 aromatic rings. The number of hydrogen-bond acceptors (Lipinski definition) is 4. The van der Waals surface area contributed by atoms with Crippen molar-refractivity contribution in [1.29, 1.82) is 0 Å². The second-order valence-corrected chi connectivity index (χ2v) is 9.78. The molecule has 0 aliphatic carbocycles. The zero-order valence-electron chi connectivity index (χ0n) is 21.8. The summed E-state index contributed by atoms with van der Waals surface area (Å²) in [7, 11) is 1.35. The number of benzene rings is 3. The van der Waals surface area contributed by atoms with E-state index in [4.69, 9.17) is 21.1 Å². The number of methoxy groups -OCH3 is 1. The lowest BCUT2D eigenvalue weighted by molar-refractivity contribution is -0.140. The van der Waals surface area contributed by atoms with Gasteiger partial charge in [-0.05, 0) is 54.2 Å². The van der Waals surface area contributed by atoms with Gasteiger partial charge in [0.25, 0.3) is 0 Å². The molecule has 0 aliphatic heterocycles. The van der Waals surface area contributed by atoms with E-state index in [1.165, 1.54) is 13.2 Å². The number of esters is 1. The Morgan fingerprint density at radius 1 is 1.00 bits per heavy atom. The largest absolute Gasteiger partial charge is 0.494 e. The number of ether oxygens (including phenoxy) is 2. The highest BCUT2D eigenvalue weighted by atomic mass is 35.5. The summed E-state index contributed by atoms with van der Waals surface area (Å²) in [5.41, 5.74) is 1.55. The second-order valence-electron chi connectivity index (χ2n) is 9.40. The summed E-state index contributed by atoms with van der Waals surface area (Å²) in [5.74, 6) is 0.468. The van der Waals surface area contributed by atoms with Crippen LogP contribution in [0.2, 0.25) is 5.02 Å². The highest BCUT2D eigenvalue weighted by molar-refractivity contribution is 6.32. The molecule has 3 aromatic carbocycles. The standard InChI is InChI=1S/C30H33ClF3NO3/c1-21(24-10-5-4-6-11-24)19-35(20-25-12-8-14-27(29(25)31)30(32,33)34)22(2)15-16-38-26-13-7-9-23(17-26)18-28(36)37-3/h4-14,17,21-22H,15-16,18-20H2,1-3H3/t21-,22-/m1/s1. The molecule has 0 amide bonds. The molecule has 0 saturated carbocycles. The summed E-state index contributed by atoms with van der Waals surface area (Å²) in [6.45, 7) is 5.44. The van der Waals surface area contributed by atoms with Crippen molar-refractivity contribution in [1.82, 2.24) is 4.90 Å². The summed E-state index contributed by atoms with van der Waals surface area (Å²) in [4.78, 5) is 13.7. The van der Waals surface area contributed by atoms with Crippen molar-refractivity contribution in [3.05, 3.63) is 100 Å². The van der Waals surface area contributed by atoms with Crippen molar-refractivity contribution < 1.29 is 27.4 Å². The average molecular weight is 548 g/mol. The van der Waals surface area contributed by atoms with Crippen LogP contribution in [0.1, 0.15) is 48.4 Å². The smallest absolute Gasteiger partial charge is 0.417 e. The van der Waals surface area contributed by atoms with Crippen LogP contribution >= 0.6 is 11.6 Å². The van der Waals surface area contributed by atoms with Gasteiger partial charge in [0, 0.05) is 19.1 Å². The molecule has 0 radical (unpaired) electrons. The van der Waals surface area contributed by atoms with Gasteiger partial charge in [0.1, 0.15) is 5.75 Å². The van der Waals surface area contributed by atoms with Crippen LogP contribution < -0.4 is 4.74 Å². The normalized spacial score (nSPS) is 13.3. The molecule has 4 nitrogen and oxygen atoms in total. The van der Waals surface area contributed by atoms with E-state index in [2.05, 4.69) is 24.0 Å². The predicted octanol–water partition coefficient (Wildman–Crippen LogP) is 7.54. The van der Waals surface area contributed by atoms with Gasteiger partial charge >= 0.3 is 12.1 Å². The van der Waals surface area contributed by atoms with Crippen molar-refractivity contribution >= 4 is 17.6 Å². The Morgan fingerprint density at radius 2 is 1.71 bits per heavy atom. The van der Waals surface area contributed by atoms with Gasteiger partial charge in [-0.25, -0.2) is 0 Å². The summed E-state index contributed by atoms with van der Waals surface area (Å²) < 4.78 is 51.1. The first-order valence-electron chi connectivity index (χ1n) is 12.5. The molecule has 0 N–H and O–H groups in total. The first kappa shape index (κ1) is 29.5. The molecule has 0 bridgehead atoms. The van der Waals surface area contributed by atoms with Gasteiger partial charge in [-0.3, -0.25) is 9.69 Å². The van der Waals surface area contributed by atoms with Gasteiger partial charge in [0.15, 0.2) is 0 Å². The van der Waals surface area contributed by atoms with Crippen LogP contribution in [-0.4, -0.2) is 37.2 Å². The number of halogens is 4. The van der Waals surface area contributed by atoms with Crippen molar-refractivity contribution in [2.24, 2.45) is 0 Å². The molecule has 2 atom stereocenters. The van der Waals surface area contributed by atoms with Crippen molar-refractivity contribution in [3.63, 3.8) is 0 Å². The number of nitrogens with zero attached hydrogens (tertiary/aromatic N) is 1. The molecule has 0 saturated heterocycles. The van der Waals surface area contributed by atoms with Gasteiger partial charge in [0.2, 0.25) is 0 Å². The van der Waals surface area contributed by atoms with Crippen LogP contribution in [0, 0.1) is 0 Å². The molecule has 0 unspecified atom stereocenters. The molecule has 0 heterocycles. The second kappa shape index (κ2) is 13.7. The molecule has 8 heteroatoms. The van der Waals surface area contributed by atoms with Gasteiger partial charge in [-0.2, -0.15) is 13.2 Å². The van der Waals surface area contributed by atoms with Gasteiger partial charge in [0.05, 0.1) is 30.7 Å². The SMILES string of the molecule is COC(=O)Cc1cccc(OCC[C@@H](C)N(Cc2cccc(C(F)(F)F)c2Cl)C[C@@H](C)c2ccccc2)c1. The van der Waals surface area contributed by atoms with Crippen LogP contribution in [-0.2, 0) is 28.7 Å². The summed E-state index contributed by atoms with van der Waals surface area (Å²) in [6.07, 6.45) is -3.72. The maximum absolute atomic E-state index is 13.5. The molecule has 204 valence electrons. The highest BCUT2D eigenvalue weighted by Crippen LogP contribution is 2.37. The zero-order chi connectivity index (χ0) is 27.7. The third kappa shape index (κ3) is 8.50. The first-order valence-corrected chi connectivity index (χ1v) is 12.9. The minimum absolute atomic E-state index is 0.00924. The summed E-state index contributed by atoms with van der Waals surface area (Å²) in [6, 6.07) is 21.3. The van der Waals surface area contributed by atoms with Gasteiger partial charge in [-0.1, -0.05) is 73.1 Å². The Bertz CT molecular complexity index is 1190. The zero-order valence-corrected chi connectivity index (χ0v) is 22.6. The van der Waals surface area contributed by atoms with Crippen LogP contribution in [0.15, 0.2) is 72.8 Å². The molecule has 3 rings (SSSR count). The maximum Gasteiger partial charge on any atom is 0.417 e. The summed E-state index contributed by atoms with van der Waals surface area (Å²) >= 11 is 6.24. The fraction of sp³-hybridized carbons (Fsp3) is 0.367. The van der Waals surface area contributed by atoms with E-state index >= 15 is 0 Å². The number of rotatable bonds is 12. The fourth-order valence-corrected chi connectivity index (χ4v) is 4.59. The van der Waals surface area contributed by atoms with E-state index in [9.17, 15) is 18.0 Å². The molecule has 0 fully saturated rings. The van der Waals surface area contributed by atoms with Gasteiger partial charge < -0.3 is 9.47 Å². The molecular weight excluding hydrogens is 515 g/mol. The van der Waals surface area contributed by atoms with E-state index in [1.807, 2.05) is 43.3 Å². The Balaban J connectivity index is 1.73. The summed E-state index contributed by atoms with van der Waals surface area (Å²) in [5, 5.41) is -0.261. The predicted molar refractivity (Wildman–Crippen MR) is 143 cm³/mol. The van der Waals surface area contributed by atoms with E-state index in [1.54, 1.807) is 12.1 Å². The first-order chi connectivity index (χ1) is 18.1. The Morgan fingerprint density at radius 3 is 2.39 bits per heavy atom. The molecule has 0 aromatic heterocycles. The van der Waals surface area contributed by atoms with Crippen LogP contribution in [0.3, 0.4) is 0 Å². The average Bonchev–Trinajstić information content (AvgIpc) is 2.89. The number of alkyl halides is 3. The van der Waals surface area contributed by atoms with Crippen LogP contribution in [0.4, 0.5) is 13.2 Å². The molecular formula is C30H33ClF3NO3. The Hall–Kier alpha value is -3.03. The minimum atomic E-state index is -4.52. The molecule has 38 heavy (non-hydrogen) atoms. The van der Waals surface area contributed by atoms with Gasteiger partial charge in [-0.15, -0.1) is 0 Å². The Kier molecular flexibility index (Phi) is 10.6. The quantitative estimate of drug-likeness (QED) is 0.220. The van der Waals surface area contributed by atoms with E-state index < -0.39 is 11.7 Å². The van der Waals surface area contributed by atoms with Crippen molar-refractivity contribution in [2.45, 2.75) is 51.4 Å². The number of carbonyl (C=O) groups excluding carboxylic acids is 1. The highest BCUT2D eigenvalue weighted by Gasteiger charge is 2.34. The third-order valence-electron chi connectivity index (χ3n) is 6.54. The minimum Gasteiger partial charge on any atom is -0.494 e. The lowest BCUT2D eigenvalue weighted by atomic mass is 9.99. The molecule has 0 spiro atoms. The number of hydrogen-bond donors (Lipinski definition) is 0. The topological polar surface area (TPSA) is 38.8 Å². The lowest BCUT2D eigenvalue weighted by Crippen LogP contribution is -2.36. The number of carbonyl (C=O) groups is 1. The van der Waals surface area contributed by atoms with E-state index in [0.717, 1.165) is 17.2 Å². The Labute approximate surface area is 227 Å². The van der Waals surface area contributed by atoms with E-state index in [0.29, 0.717) is 30.9 Å². The van der Waals surface area contributed by atoms with Crippen LogP contribution in [0.25, 0.3) is 0 Å². The third-order valence-corrected chi connectivity index (χ3v) is 6.98. The lowest BCUT2D eigenvalue weighted by Gasteiger charge is -2.32. The van der Waals surface area contributed by atoms with E-state index in [-0.39, 0.29) is 35.9 Å². The van der Waals surface area contributed by atoms with Crippen molar-refractivity contribution in [2.75, 3.05) is 20.3 Å². The fourth-order valence-electron chi connectivity index (χ4n) is 4.29. The molecule has 0 aliphatic rings. The maximum atomic E-state index is 13.5. The van der Waals surface area contributed by atoms with Crippen LogP contribution in [0.5, 0.6) is 5.75 Å². The van der Waals surface area contributed by atoms with Crippen molar-refractivity contribution in [3.8, 4) is 5.75 Å².